The second-order valence-electron chi connectivity index (χ2n) is 11.4. The number of aromatic nitrogens is 1. The van der Waals surface area contributed by atoms with E-state index in [9.17, 15) is 32.7 Å². The Kier molecular flexibility index (Phi) is 10.5. The Bertz CT molecular complexity index is 1540. The first kappa shape index (κ1) is 34.1. The Morgan fingerprint density at radius 2 is 1.76 bits per heavy atom. The molecule has 5 amide bonds. The fraction of sp³-hybridized carbons (Fsp3) is 0.419. The average molecular weight is 647 g/mol. The molecule has 3 atom stereocenters. The molecule has 15 heteroatoms. The van der Waals surface area contributed by atoms with E-state index in [4.69, 9.17) is 9.26 Å². The second kappa shape index (κ2) is 14.1. The highest BCUT2D eigenvalue weighted by Crippen LogP contribution is 2.31. The van der Waals surface area contributed by atoms with E-state index in [0.29, 0.717) is 34.1 Å². The molecule has 12 nitrogen and oxygen atoms in total. The van der Waals surface area contributed by atoms with E-state index in [-0.39, 0.29) is 43.6 Å². The number of benzene rings is 2. The van der Waals surface area contributed by atoms with Gasteiger partial charge in [0.05, 0.1) is 31.2 Å². The first-order chi connectivity index (χ1) is 21.7. The lowest BCUT2D eigenvalue weighted by atomic mass is 10.0. The largest absolute Gasteiger partial charge is 0.488 e. The van der Waals surface area contributed by atoms with Crippen molar-refractivity contribution in [3.8, 4) is 5.75 Å². The van der Waals surface area contributed by atoms with Crippen LogP contribution in [0.2, 0.25) is 0 Å². The van der Waals surface area contributed by atoms with E-state index in [1.165, 1.54) is 4.90 Å². The summed E-state index contributed by atoms with van der Waals surface area (Å²) in [7, 11) is 1.61. The van der Waals surface area contributed by atoms with E-state index < -0.39 is 35.9 Å². The highest BCUT2D eigenvalue weighted by Gasteiger charge is 2.32. The number of likely N-dealkylation sites (N-methyl/N-ethyl adjacent to an activating group) is 1. The van der Waals surface area contributed by atoms with Gasteiger partial charge in [-0.1, -0.05) is 12.1 Å². The number of nitrogens with one attached hydrogen (secondary N) is 3. The average Bonchev–Trinajstić information content (AvgIpc) is 3.33. The Balaban J connectivity index is 1.54. The first-order valence-corrected chi connectivity index (χ1v) is 14.6. The minimum absolute atomic E-state index is 0.0997. The van der Waals surface area contributed by atoms with Gasteiger partial charge in [0, 0.05) is 36.4 Å². The summed E-state index contributed by atoms with van der Waals surface area (Å²) in [6.07, 6.45) is -5.18. The second-order valence-corrected chi connectivity index (χ2v) is 11.4. The van der Waals surface area contributed by atoms with Crippen LogP contribution in [0, 0.1) is 19.8 Å². The number of aliphatic hydroxyl groups is 1. The fourth-order valence-corrected chi connectivity index (χ4v) is 4.98. The Morgan fingerprint density at radius 3 is 2.37 bits per heavy atom. The number of fused-ring (bicyclic) bond motifs is 1. The lowest BCUT2D eigenvalue weighted by molar-refractivity contribution is -0.137. The van der Waals surface area contributed by atoms with Crippen molar-refractivity contribution in [2.75, 3.05) is 42.7 Å². The predicted molar refractivity (Wildman–Crippen MR) is 164 cm³/mol. The topological polar surface area (TPSA) is 149 Å². The van der Waals surface area contributed by atoms with Gasteiger partial charge in [-0.15, -0.1) is 0 Å². The van der Waals surface area contributed by atoms with E-state index in [1.54, 1.807) is 50.9 Å². The summed E-state index contributed by atoms with van der Waals surface area (Å²) < 4.78 is 50.2. The molecule has 46 heavy (non-hydrogen) atoms. The molecular weight excluding hydrogens is 609 g/mol. The normalized spacial score (nSPS) is 17.5. The minimum atomic E-state index is -4.50. The predicted octanol–water partition coefficient (Wildman–Crippen LogP) is 5.27. The SMILES string of the molecule is Cc1noc(C)c1NC(=O)N(C)C[C@@H]1Oc2ccc(NC(=O)Nc3ccc(C(F)(F)F)cc3)cc2CC(=O)N([C@H](C)CO)C[C@@H]1C. The van der Waals surface area contributed by atoms with Crippen molar-refractivity contribution in [3.05, 3.63) is 65.0 Å². The van der Waals surface area contributed by atoms with Gasteiger partial charge in [-0.25, -0.2) is 9.59 Å². The molecule has 248 valence electrons. The third-order valence-corrected chi connectivity index (χ3v) is 7.71. The standard InChI is InChI=1S/C31H37F3N6O6/c1-17-14-40(18(2)16-41)27(42)13-21-12-24(36-29(43)35-23-8-6-22(7-9-23)31(32,33)34)10-11-25(21)45-26(17)15-39(5)30(44)37-28-19(3)38-46-20(28)4/h6-12,17-18,26,41H,13-16H2,1-5H3,(H,37,44)(H2,35,36,43)/t17-,18+,26-/m0/s1. The molecule has 2 aromatic carbocycles. The number of amides is 5. The van der Waals surface area contributed by atoms with Gasteiger partial charge in [-0.2, -0.15) is 13.2 Å². The molecule has 0 unspecified atom stereocenters. The summed E-state index contributed by atoms with van der Waals surface area (Å²) in [5.74, 6) is 0.294. The van der Waals surface area contributed by atoms with Crippen LogP contribution in [0.25, 0.3) is 0 Å². The number of aliphatic hydroxyl groups excluding tert-OH is 1. The Morgan fingerprint density at radius 1 is 1.11 bits per heavy atom. The molecule has 3 aromatic rings. The number of aryl methyl sites for hydroxylation is 2. The number of halogens is 3. The van der Waals surface area contributed by atoms with E-state index in [2.05, 4.69) is 21.1 Å². The lowest BCUT2D eigenvalue weighted by Gasteiger charge is -2.34. The number of nitrogens with zero attached hydrogens (tertiary/aromatic N) is 3. The maximum absolute atomic E-state index is 13.5. The number of hydrogen-bond acceptors (Lipinski definition) is 7. The minimum Gasteiger partial charge on any atom is -0.488 e. The van der Waals surface area contributed by atoms with Crippen LogP contribution in [-0.2, 0) is 17.4 Å². The number of rotatable bonds is 7. The molecular formula is C31H37F3N6O6. The number of anilines is 3. The highest BCUT2D eigenvalue weighted by molar-refractivity contribution is 6.00. The molecule has 0 aliphatic carbocycles. The zero-order valence-electron chi connectivity index (χ0n) is 26.1. The summed E-state index contributed by atoms with van der Waals surface area (Å²) in [6, 6.07) is 7.14. The molecule has 0 fully saturated rings. The summed E-state index contributed by atoms with van der Waals surface area (Å²) in [5.41, 5.74) is 1.08. The van der Waals surface area contributed by atoms with Crippen LogP contribution < -0.4 is 20.7 Å². The zero-order chi connectivity index (χ0) is 33.8. The molecule has 0 radical (unpaired) electrons. The van der Waals surface area contributed by atoms with Crippen molar-refractivity contribution in [2.24, 2.45) is 5.92 Å². The van der Waals surface area contributed by atoms with Gasteiger partial charge in [0.1, 0.15) is 23.2 Å². The van der Waals surface area contributed by atoms with Crippen LogP contribution in [0.5, 0.6) is 5.75 Å². The number of hydrogen-bond donors (Lipinski definition) is 4. The Labute approximate surface area is 263 Å². The van der Waals surface area contributed by atoms with Crippen LogP contribution in [0.3, 0.4) is 0 Å². The van der Waals surface area contributed by atoms with Gasteiger partial charge in [0.15, 0.2) is 5.76 Å². The molecule has 0 bridgehead atoms. The summed E-state index contributed by atoms with van der Waals surface area (Å²) in [6.45, 7) is 7.14. The van der Waals surface area contributed by atoms with E-state index >= 15 is 0 Å². The lowest BCUT2D eigenvalue weighted by Crippen LogP contribution is -2.48. The van der Waals surface area contributed by atoms with Gasteiger partial charge in [-0.05, 0) is 63.2 Å². The van der Waals surface area contributed by atoms with Crippen molar-refractivity contribution < 1.29 is 41.9 Å². The number of alkyl halides is 3. The first-order valence-electron chi connectivity index (χ1n) is 14.6. The smallest absolute Gasteiger partial charge is 0.416 e. The molecule has 4 N–H and O–H groups in total. The zero-order valence-corrected chi connectivity index (χ0v) is 26.1. The van der Waals surface area contributed by atoms with Gasteiger partial charge >= 0.3 is 18.2 Å². The van der Waals surface area contributed by atoms with Crippen LogP contribution in [0.15, 0.2) is 47.0 Å². The van der Waals surface area contributed by atoms with Crippen LogP contribution >= 0.6 is 0 Å². The summed E-state index contributed by atoms with van der Waals surface area (Å²) in [4.78, 5) is 42.2. The molecule has 1 aromatic heterocycles. The van der Waals surface area contributed by atoms with Crippen LogP contribution in [0.1, 0.15) is 36.4 Å². The van der Waals surface area contributed by atoms with E-state index in [0.717, 1.165) is 24.3 Å². The van der Waals surface area contributed by atoms with Crippen molar-refractivity contribution in [3.63, 3.8) is 0 Å². The van der Waals surface area contributed by atoms with Gasteiger partial charge in [0.25, 0.3) is 0 Å². The number of ether oxygens (including phenoxy) is 1. The van der Waals surface area contributed by atoms with Crippen molar-refractivity contribution in [2.45, 2.75) is 52.4 Å². The molecule has 0 spiro atoms. The third-order valence-electron chi connectivity index (χ3n) is 7.71. The Hall–Kier alpha value is -4.79. The quantitative estimate of drug-likeness (QED) is 0.273. The summed E-state index contributed by atoms with van der Waals surface area (Å²) in [5, 5.41) is 21.6. The van der Waals surface area contributed by atoms with Crippen molar-refractivity contribution in [1.82, 2.24) is 15.0 Å². The molecule has 0 saturated carbocycles. The van der Waals surface area contributed by atoms with Crippen LogP contribution in [0.4, 0.5) is 39.8 Å². The van der Waals surface area contributed by atoms with Crippen molar-refractivity contribution >= 4 is 35.0 Å². The highest BCUT2D eigenvalue weighted by atomic mass is 19.4. The molecule has 1 aliphatic rings. The fourth-order valence-electron chi connectivity index (χ4n) is 4.98. The van der Waals surface area contributed by atoms with Crippen molar-refractivity contribution in [1.29, 1.82) is 0 Å². The monoisotopic (exact) mass is 646 g/mol. The third kappa shape index (κ3) is 8.27. The van der Waals surface area contributed by atoms with E-state index in [1.807, 2.05) is 6.92 Å². The van der Waals surface area contributed by atoms with Crippen LogP contribution in [-0.4, -0.2) is 76.9 Å². The molecule has 0 saturated heterocycles. The maximum Gasteiger partial charge on any atom is 0.416 e. The van der Waals surface area contributed by atoms with Gasteiger partial charge < -0.3 is 40.1 Å². The van der Waals surface area contributed by atoms with Gasteiger partial charge in [-0.3, -0.25) is 4.79 Å². The molecule has 2 heterocycles. The van der Waals surface area contributed by atoms with Gasteiger partial charge in [0.2, 0.25) is 5.91 Å². The molecule has 1 aliphatic heterocycles. The maximum atomic E-state index is 13.5. The number of urea groups is 2. The summed E-state index contributed by atoms with van der Waals surface area (Å²) >= 11 is 0. The number of carbonyl (C=O) groups excluding carboxylic acids is 3. The number of carbonyl (C=O) groups is 3. The molecule has 4 rings (SSSR count).